The maximum atomic E-state index is 11.4. The third-order valence-electron chi connectivity index (χ3n) is 2.42. The minimum atomic E-state index is -0.0542. The number of nitrogens with one attached hydrogen (secondary N) is 1. The Morgan fingerprint density at radius 2 is 1.89 bits per heavy atom. The molecule has 0 saturated carbocycles. The smallest absolute Gasteiger partial charge is 0.223 e. The lowest BCUT2D eigenvalue weighted by molar-refractivity contribution is -0.122. The van der Waals surface area contributed by atoms with E-state index in [-0.39, 0.29) is 24.4 Å². The summed E-state index contributed by atoms with van der Waals surface area (Å²) in [5.74, 6) is 1.44. The molecule has 0 aromatic heterocycles. The zero-order valence-corrected chi connectivity index (χ0v) is 12.0. The van der Waals surface area contributed by atoms with Crippen LogP contribution in [0.3, 0.4) is 0 Å². The second-order valence-corrected chi connectivity index (χ2v) is 3.98. The molecule has 1 rings (SSSR count). The van der Waals surface area contributed by atoms with Crippen LogP contribution in [0.2, 0.25) is 0 Å². The molecule has 0 unspecified atom stereocenters. The van der Waals surface area contributed by atoms with E-state index in [1.54, 1.807) is 19.2 Å². The van der Waals surface area contributed by atoms with E-state index in [2.05, 4.69) is 5.32 Å². The lowest BCUT2D eigenvalue weighted by Crippen LogP contribution is -2.38. The van der Waals surface area contributed by atoms with E-state index in [9.17, 15) is 4.79 Å². The summed E-state index contributed by atoms with van der Waals surface area (Å²) in [6.45, 7) is 2.64. The SMILES string of the molecule is COc1ccc(OCCC(=O)N[C@@H](C)CN)cc1.Cl. The van der Waals surface area contributed by atoms with Crippen molar-refractivity contribution in [1.29, 1.82) is 0 Å². The number of methoxy groups -OCH3 is 1. The van der Waals surface area contributed by atoms with E-state index in [1.807, 2.05) is 19.1 Å². The monoisotopic (exact) mass is 288 g/mol. The first-order valence-electron chi connectivity index (χ1n) is 5.92. The number of ether oxygens (including phenoxy) is 2. The van der Waals surface area contributed by atoms with E-state index < -0.39 is 0 Å². The molecule has 0 radical (unpaired) electrons. The number of rotatable bonds is 7. The second kappa shape index (κ2) is 9.47. The van der Waals surface area contributed by atoms with Crippen molar-refractivity contribution >= 4 is 18.3 Å². The van der Waals surface area contributed by atoms with Crippen molar-refractivity contribution in [3.8, 4) is 11.5 Å². The van der Waals surface area contributed by atoms with Crippen molar-refractivity contribution in [2.75, 3.05) is 20.3 Å². The van der Waals surface area contributed by atoms with E-state index in [1.165, 1.54) is 0 Å². The summed E-state index contributed by atoms with van der Waals surface area (Å²) in [6.07, 6.45) is 0.316. The average Bonchev–Trinajstić information content (AvgIpc) is 2.39. The fraction of sp³-hybridized carbons (Fsp3) is 0.462. The molecule has 0 bridgehead atoms. The van der Waals surface area contributed by atoms with E-state index in [0.29, 0.717) is 19.6 Å². The number of hydrogen-bond donors (Lipinski definition) is 2. The Hall–Kier alpha value is -1.46. The zero-order valence-electron chi connectivity index (χ0n) is 11.2. The van der Waals surface area contributed by atoms with Gasteiger partial charge in [-0.05, 0) is 31.2 Å². The van der Waals surface area contributed by atoms with Gasteiger partial charge in [0.1, 0.15) is 11.5 Å². The summed E-state index contributed by atoms with van der Waals surface area (Å²) in [6, 6.07) is 7.23. The molecule has 0 heterocycles. The molecule has 5 nitrogen and oxygen atoms in total. The Bertz CT molecular complexity index is 371. The molecule has 1 aromatic carbocycles. The number of nitrogens with two attached hydrogens (primary N) is 1. The topological polar surface area (TPSA) is 73.6 Å². The predicted octanol–water partition coefficient (Wildman–Crippen LogP) is 1.35. The summed E-state index contributed by atoms with van der Waals surface area (Å²) >= 11 is 0. The molecule has 19 heavy (non-hydrogen) atoms. The van der Waals surface area contributed by atoms with Gasteiger partial charge in [0.25, 0.3) is 0 Å². The normalized spacial score (nSPS) is 11.1. The van der Waals surface area contributed by atoms with Gasteiger partial charge in [-0.1, -0.05) is 0 Å². The highest BCUT2D eigenvalue weighted by atomic mass is 35.5. The van der Waals surface area contributed by atoms with Gasteiger partial charge in [-0.15, -0.1) is 12.4 Å². The minimum absolute atomic E-state index is 0. The van der Waals surface area contributed by atoms with Crippen LogP contribution in [0.5, 0.6) is 11.5 Å². The largest absolute Gasteiger partial charge is 0.497 e. The number of halogens is 1. The van der Waals surface area contributed by atoms with Crippen molar-refractivity contribution in [1.82, 2.24) is 5.32 Å². The standard InChI is InChI=1S/C13H20N2O3.ClH/c1-10(9-14)15-13(16)7-8-18-12-5-3-11(17-2)4-6-12;/h3-6,10H,7-9,14H2,1-2H3,(H,15,16);1H/t10-;/m0./s1. The van der Waals surface area contributed by atoms with Gasteiger partial charge in [0, 0.05) is 12.6 Å². The van der Waals surface area contributed by atoms with Crippen molar-refractivity contribution in [3.63, 3.8) is 0 Å². The predicted molar refractivity (Wildman–Crippen MR) is 77.0 cm³/mol. The molecule has 108 valence electrons. The van der Waals surface area contributed by atoms with Crippen LogP contribution in [-0.4, -0.2) is 32.2 Å². The van der Waals surface area contributed by atoms with Gasteiger partial charge in [0.2, 0.25) is 5.91 Å². The molecule has 0 saturated heterocycles. The molecule has 1 aromatic rings. The molecule has 0 fully saturated rings. The lowest BCUT2D eigenvalue weighted by atomic mass is 10.3. The third-order valence-corrected chi connectivity index (χ3v) is 2.42. The zero-order chi connectivity index (χ0) is 13.4. The average molecular weight is 289 g/mol. The Labute approximate surface area is 119 Å². The molecule has 0 aliphatic rings. The fourth-order valence-corrected chi connectivity index (χ4v) is 1.34. The first-order valence-corrected chi connectivity index (χ1v) is 5.92. The summed E-state index contributed by atoms with van der Waals surface area (Å²) in [5, 5.41) is 2.77. The van der Waals surface area contributed by atoms with Crippen LogP contribution in [0.1, 0.15) is 13.3 Å². The van der Waals surface area contributed by atoms with Gasteiger partial charge in [-0.25, -0.2) is 0 Å². The molecule has 6 heteroatoms. The third kappa shape index (κ3) is 6.88. The van der Waals surface area contributed by atoms with Crippen LogP contribution in [0.4, 0.5) is 0 Å². The fourth-order valence-electron chi connectivity index (χ4n) is 1.34. The molecule has 3 N–H and O–H groups in total. The number of benzene rings is 1. The number of amides is 1. The van der Waals surface area contributed by atoms with Crippen LogP contribution in [0.15, 0.2) is 24.3 Å². The minimum Gasteiger partial charge on any atom is -0.497 e. The molecule has 1 atom stereocenters. The van der Waals surface area contributed by atoms with Crippen LogP contribution < -0.4 is 20.5 Å². The number of carbonyl (C=O) groups excluding carboxylic acids is 1. The highest BCUT2D eigenvalue weighted by molar-refractivity contribution is 5.85. The maximum absolute atomic E-state index is 11.4. The molecule has 1 amide bonds. The molecular formula is C13H21ClN2O3. The van der Waals surface area contributed by atoms with Gasteiger partial charge in [0.15, 0.2) is 0 Å². The van der Waals surface area contributed by atoms with Crippen molar-refractivity contribution < 1.29 is 14.3 Å². The van der Waals surface area contributed by atoms with Crippen LogP contribution in [-0.2, 0) is 4.79 Å². The van der Waals surface area contributed by atoms with Gasteiger partial charge < -0.3 is 20.5 Å². The van der Waals surface area contributed by atoms with Crippen molar-refractivity contribution in [2.24, 2.45) is 5.73 Å². The van der Waals surface area contributed by atoms with Gasteiger partial charge >= 0.3 is 0 Å². The number of carbonyl (C=O) groups is 1. The summed E-state index contributed by atoms with van der Waals surface area (Å²) in [4.78, 5) is 11.4. The number of hydrogen-bond acceptors (Lipinski definition) is 4. The quantitative estimate of drug-likeness (QED) is 0.794. The van der Waals surface area contributed by atoms with Crippen LogP contribution in [0.25, 0.3) is 0 Å². The Kier molecular flexibility index (Phi) is 8.74. The lowest BCUT2D eigenvalue weighted by Gasteiger charge is -2.11. The summed E-state index contributed by atoms with van der Waals surface area (Å²) in [7, 11) is 1.61. The van der Waals surface area contributed by atoms with E-state index in [4.69, 9.17) is 15.2 Å². The molecular weight excluding hydrogens is 268 g/mol. The molecule has 0 aliphatic carbocycles. The second-order valence-electron chi connectivity index (χ2n) is 3.98. The summed E-state index contributed by atoms with van der Waals surface area (Å²) < 4.78 is 10.5. The van der Waals surface area contributed by atoms with Crippen LogP contribution >= 0.6 is 12.4 Å². The van der Waals surface area contributed by atoms with Crippen molar-refractivity contribution in [2.45, 2.75) is 19.4 Å². The highest BCUT2D eigenvalue weighted by Crippen LogP contribution is 2.16. The first kappa shape index (κ1) is 17.5. The van der Waals surface area contributed by atoms with E-state index in [0.717, 1.165) is 11.5 Å². The highest BCUT2D eigenvalue weighted by Gasteiger charge is 2.05. The Morgan fingerprint density at radius 3 is 2.42 bits per heavy atom. The van der Waals surface area contributed by atoms with Crippen LogP contribution in [0, 0.1) is 0 Å². The van der Waals surface area contributed by atoms with E-state index >= 15 is 0 Å². The maximum Gasteiger partial charge on any atom is 0.223 e. The Balaban J connectivity index is 0.00000324. The first-order chi connectivity index (χ1) is 8.65. The molecule has 0 spiro atoms. The van der Waals surface area contributed by atoms with Crippen molar-refractivity contribution in [3.05, 3.63) is 24.3 Å². The summed E-state index contributed by atoms with van der Waals surface area (Å²) in [5.41, 5.74) is 5.41. The Morgan fingerprint density at radius 1 is 1.32 bits per heavy atom. The van der Waals surface area contributed by atoms with Gasteiger partial charge in [-0.2, -0.15) is 0 Å². The van der Waals surface area contributed by atoms with Gasteiger partial charge in [0.05, 0.1) is 20.1 Å². The molecule has 0 aliphatic heterocycles. The van der Waals surface area contributed by atoms with Gasteiger partial charge in [-0.3, -0.25) is 4.79 Å².